The molecule has 0 bridgehead atoms. The second-order valence-corrected chi connectivity index (χ2v) is 8.38. The molecule has 150 valence electrons. The lowest BCUT2D eigenvalue weighted by atomic mass is 10.1. The number of sulfonamides is 1. The Morgan fingerprint density at radius 2 is 1.66 bits per heavy atom. The minimum Gasteiger partial charge on any atom is -0.337 e. The number of amides is 1. The quantitative estimate of drug-likeness (QED) is 0.660. The zero-order valence-corrected chi connectivity index (χ0v) is 16.9. The van der Waals surface area contributed by atoms with Gasteiger partial charge in [-0.3, -0.25) is 9.52 Å². The number of benzene rings is 3. The molecule has 1 amide bonds. The van der Waals surface area contributed by atoms with Crippen molar-refractivity contribution in [2.75, 3.05) is 11.8 Å². The number of halogens is 1. The average molecular weight is 412 g/mol. The Labute approximate surface area is 169 Å². The number of hydrogen-bond acceptors (Lipinski definition) is 3. The number of nitrogens with zero attached hydrogens (tertiary/aromatic N) is 1. The summed E-state index contributed by atoms with van der Waals surface area (Å²) in [6.07, 6.45) is 0. The van der Waals surface area contributed by atoms with Crippen LogP contribution in [0.15, 0.2) is 77.7 Å². The van der Waals surface area contributed by atoms with Crippen molar-refractivity contribution in [3.63, 3.8) is 0 Å². The van der Waals surface area contributed by atoms with Crippen LogP contribution in [0.1, 0.15) is 21.5 Å². The van der Waals surface area contributed by atoms with Gasteiger partial charge in [-0.2, -0.15) is 0 Å². The van der Waals surface area contributed by atoms with Crippen LogP contribution in [0.4, 0.5) is 10.1 Å². The highest BCUT2D eigenvalue weighted by Crippen LogP contribution is 2.22. The molecule has 0 saturated carbocycles. The zero-order chi connectivity index (χ0) is 21.0. The molecule has 1 N–H and O–H groups in total. The second-order valence-electron chi connectivity index (χ2n) is 6.70. The molecule has 0 spiro atoms. The Morgan fingerprint density at radius 3 is 2.31 bits per heavy atom. The average Bonchev–Trinajstić information content (AvgIpc) is 2.71. The number of carbonyl (C=O) groups is 1. The summed E-state index contributed by atoms with van der Waals surface area (Å²) in [4.78, 5) is 14.3. The first-order valence-corrected chi connectivity index (χ1v) is 10.4. The summed E-state index contributed by atoms with van der Waals surface area (Å²) in [5.41, 5.74) is 1.81. The van der Waals surface area contributed by atoms with E-state index < -0.39 is 10.0 Å². The van der Waals surface area contributed by atoms with Gasteiger partial charge in [0.2, 0.25) is 0 Å². The van der Waals surface area contributed by atoms with Gasteiger partial charge in [0.1, 0.15) is 5.82 Å². The van der Waals surface area contributed by atoms with E-state index in [4.69, 9.17) is 0 Å². The molecular formula is C22H21FN2O3S. The van der Waals surface area contributed by atoms with Crippen LogP contribution in [0, 0.1) is 12.7 Å². The van der Waals surface area contributed by atoms with Crippen LogP contribution in [-0.2, 0) is 16.6 Å². The predicted octanol–water partition coefficient (Wildman–Crippen LogP) is 4.21. The van der Waals surface area contributed by atoms with E-state index in [0.29, 0.717) is 22.4 Å². The lowest BCUT2D eigenvalue weighted by Gasteiger charge is -2.19. The van der Waals surface area contributed by atoms with Crippen molar-refractivity contribution in [2.45, 2.75) is 18.4 Å². The molecular weight excluding hydrogens is 391 g/mol. The fraction of sp³-hybridized carbons (Fsp3) is 0.136. The van der Waals surface area contributed by atoms with Gasteiger partial charge in [-0.05, 0) is 48.9 Å². The third-order valence-corrected chi connectivity index (χ3v) is 5.86. The Morgan fingerprint density at radius 1 is 1.00 bits per heavy atom. The summed E-state index contributed by atoms with van der Waals surface area (Å²) in [5.74, 6) is -0.650. The molecule has 0 fully saturated rings. The number of hydrogen-bond donors (Lipinski definition) is 1. The maximum absolute atomic E-state index is 13.8. The van der Waals surface area contributed by atoms with E-state index in [1.165, 1.54) is 23.1 Å². The molecule has 3 rings (SSSR count). The highest BCUT2D eigenvalue weighted by atomic mass is 32.2. The molecule has 5 nitrogen and oxygen atoms in total. The van der Waals surface area contributed by atoms with E-state index in [1.807, 2.05) is 0 Å². The lowest BCUT2D eigenvalue weighted by Crippen LogP contribution is -2.26. The Balaban J connectivity index is 1.77. The number of carbonyl (C=O) groups excluding carboxylic acids is 1. The van der Waals surface area contributed by atoms with Crippen molar-refractivity contribution >= 4 is 21.6 Å². The van der Waals surface area contributed by atoms with Crippen LogP contribution >= 0.6 is 0 Å². The van der Waals surface area contributed by atoms with Crippen LogP contribution in [0.3, 0.4) is 0 Å². The lowest BCUT2D eigenvalue weighted by molar-refractivity contribution is 0.0784. The van der Waals surface area contributed by atoms with E-state index in [0.717, 1.165) is 0 Å². The van der Waals surface area contributed by atoms with Crippen molar-refractivity contribution in [3.8, 4) is 0 Å². The van der Waals surface area contributed by atoms with Gasteiger partial charge in [0.25, 0.3) is 15.9 Å². The van der Waals surface area contributed by atoms with E-state index in [2.05, 4.69) is 4.72 Å². The molecule has 3 aromatic carbocycles. The molecule has 3 aromatic rings. The minimum atomic E-state index is -3.72. The summed E-state index contributed by atoms with van der Waals surface area (Å²) >= 11 is 0. The van der Waals surface area contributed by atoms with Gasteiger partial charge in [0.15, 0.2) is 0 Å². The first-order chi connectivity index (χ1) is 13.8. The first-order valence-electron chi connectivity index (χ1n) is 8.95. The first kappa shape index (κ1) is 20.5. The fourth-order valence-electron chi connectivity index (χ4n) is 2.89. The van der Waals surface area contributed by atoms with Gasteiger partial charge in [-0.15, -0.1) is 0 Å². The van der Waals surface area contributed by atoms with Gasteiger partial charge < -0.3 is 4.90 Å². The molecule has 7 heteroatoms. The standard InChI is InChI=1S/C22H21FN2O3S/c1-16-14-17(22(26)25(2)15-18-8-6-7-11-20(18)23)12-13-21(16)24-29(27,28)19-9-4-3-5-10-19/h3-14,24H,15H2,1-2H3. The summed E-state index contributed by atoms with van der Waals surface area (Å²) in [6.45, 7) is 1.85. The van der Waals surface area contributed by atoms with Crippen molar-refractivity contribution in [1.29, 1.82) is 0 Å². The maximum atomic E-state index is 13.8. The number of nitrogens with one attached hydrogen (secondary N) is 1. The van der Waals surface area contributed by atoms with E-state index in [1.54, 1.807) is 68.6 Å². The molecule has 0 saturated heterocycles. The van der Waals surface area contributed by atoms with Crippen molar-refractivity contribution in [2.24, 2.45) is 0 Å². The molecule has 0 unspecified atom stereocenters. The number of anilines is 1. The fourth-order valence-corrected chi connectivity index (χ4v) is 4.04. The van der Waals surface area contributed by atoms with E-state index >= 15 is 0 Å². The topological polar surface area (TPSA) is 66.5 Å². The third kappa shape index (κ3) is 4.81. The van der Waals surface area contributed by atoms with Crippen LogP contribution in [0.2, 0.25) is 0 Å². The molecule has 0 aromatic heterocycles. The Bertz CT molecular complexity index is 1130. The van der Waals surface area contributed by atoms with E-state index in [-0.39, 0.29) is 23.2 Å². The summed E-state index contributed by atoms with van der Waals surface area (Å²) in [6, 6.07) is 19.1. The maximum Gasteiger partial charge on any atom is 0.261 e. The van der Waals surface area contributed by atoms with Gasteiger partial charge in [-0.1, -0.05) is 36.4 Å². The SMILES string of the molecule is Cc1cc(C(=O)N(C)Cc2ccccc2F)ccc1NS(=O)(=O)c1ccccc1. The van der Waals surface area contributed by atoms with Crippen LogP contribution in [-0.4, -0.2) is 26.3 Å². The highest BCUT2D eigenvalue weighted by molar-refractivity contribution is 7.92. The summed E-state index contributed by atoms with van der Waals surface area (Å²) in [7, 11) is -2.12. The molecule has 29 heavy (non-hydrogen) atoms. The molecule has 0 aliphatic carbocycles. The predicted molar refractivity (Wildman–Crippen MR) is 111 cm³/mol. The number of rotatable bonds is 6. The minimum absolute atomic E-state index is 0.132. The van der Waals surface area contributed by atoms with Crippen LogP contribution in [0.25, 0.3) is 0 Å². The molecule has 0 radical (unpaired) electrons. The summed E-state index contributed by atoms with van der Waals surface area (Å²) < 4.78 is 41.4. The van der Waals surface area contributed by atoms with Gasteiger partial charge >= 0.3 is 0 Å². The van der Waals surface area contributed by atoms with Crippen LogP contribution < -0.4 is 4.72 Å². The van der Waals surface area contributed by atoms with Gasteiger partial charge in [-0.25, -0.2) is 12.8 Å². The van der Waals surface area contributed by atoms with E-state index in [9.17, 15) is 17.6 Å². The largest absolute Gasteiger partial charge is 0.337 e. The van der Waals surface area contributed by atoms with Gasteiger partial charge in [0, 0.05) is 24.7 Å². The zero-order valence-electron chi connectivity index (χ0n) is 16.1. The second kappa shape index (κ2) is 8.45. The van der Waals surface area contributed by atoms with Crippen molar-refractivity contribution in [3.05, 3.63) is 95.3 Å². The van der Waals surface area contributed by atoms with Gasteiger partial charge in [0.05, 0.1) is 10.6 Å². The van der Waals surface area contributed by atoms with Crippen molar-refractivity contribution < 1.29 is 17.6 Å². The molecule has 0 aliphatic rings. The smallest absolute Gasteiger partial charge is 0.261 e. The Kier molecular flexibility index (Phi) is 5.98. The van der Waals surface area contributed by atoms with Crippen molar-refractivity contribution in [1.82, 2.24) is 4.90 Å². The highest BCUT2D eigenvalue weighted by Gasteiger charge is 2.18. The molecule has 0 heterocycles. The summed E-state index contributed by atoms with van der Waals surface area (Å²) in [5, 5.41) is 0. The monoisotopic (exact) mass is 412 g/mol. The molecule has 0 aliphatic heterocycles. The van der Waals surface area contributed by atoms with Crippen LogP contribution in [0.5, 0.6) is 0 Å². The normalized spacial score (nSPS) is 11.1. The third-order valence-electron chi connectivity index (χ3n) is 4.48. The number of aryl methyl sites for hydroxylation is 1. The Hall–Kier alpha value is -3.19. The molecule has 0 atom stereocenters.